The van der Waals surface area contributed by atoms with Crippen LogP contribution in [0.2, 0.25) is 0 Å². The number of carbonyl (C=O) groups excluding carboxylic acids is 3. The molecule has 408 valence electrons. The molecule has 0 aliphatic rings. The molecule has 0 rings (SSSR count). The molecular weight excluding hydrogens is 853 g/mol. The number of allylic oxidation sites excluding steroid dienone is 2. The van der Waals surface area contributed by atoms with Crippen LogP contribution >= 0.6 is 0 Å². The minimum atomic E-state index is -0.764. The van der Waals surface area contributed by atoms with Crippen LogP contribution in [0.4, 0.5) is 0 Å². The van der Waals surface area contributed by atoms with Crippen LogP contribution in [0.15, 0.2) is 12.2 Å². The van der Waals surface area contributed by atoms with Crippen molar-refractivity contribution >= 4 is 17.9 Å². The van der Waals surface area contributed by atoms with Crippen molar-refractivity contribution in [2.24, 2.45) is 0 Å². The molecule has 6 nitrogen and oxygen atoms in total. The Kier molecular flexibility index (Phi) is 57.1. The lowest BCUT2D eigenvalue weighted by atomic mass is 10.0. The van der Waals surface area contributed by atoms with Crippen molar-refractivity contribution in [2.75, 3.05) is 13.2 Å². The summed E-state index contributed by atoms with van der Waals surface area (Å²) in [6.45, 7) is 6.70. The van der Waals surface area contributed by atoms with Crippen LogP contribution in [0.25, 0.3) is 0 Å². The Labute approximate surface area is 431 Å². The zero-order valence-electron chi connectivity index (χ0n) is 46.9. The maximum absolute atomic E-state index is 12.9. The first-order valence-corrected chi connectivity index (χ1v) is 31.2. The number of unbranched alkanes of at least 4 members (excludes halogenated alkanes) is 45. The van der Waals surface area contributed by atoms with Crippen molar-refractivity contribution in [3.05, 3.63) is 12.2 Å². The fraction of sp³-hybridized carbons (Fsp3) is 0.921. The summed E-state index contributed by atoms with van der Waals surface area (Å²) in [5.41, 5.74) is 0. The molecule has 0 aromatic rings. The number of esters is 3. The first kappa shape index (κ1) is 67.1. The molecule has 0 saturated heterocycles. The zero-order valence-corrected chi connectivity index (χ0v) is 46.9. The lowest BCUT2D eigenvalue weighted by Gasteiger charge is -2.18. The van der Waals surface area contributed by atoms with E-state index in [1.807, 2.05) is 0 Å². The quantitative estimate of drug-likeness (QED) is 0.0261. The summed E-state index contributed by atoms with van der Waals surface area (Å²) in [6, 6.07) is 0. The summed E-state index contributed by atoms with van der Waals surface area (Å²) in [5, 5.41) is 0. The van der Waals surface area contributed by atoms with E-state index in [1.54, 1.807) is 0 Å². The standard InChI is InChI=1S/C63H120O6/c1-4-7-10-13-16-19-22-24-26-28-29-30-31-32-33-35-36-38-41-44-47-50-53-56-62(65)68-59-60(58-67-61(64)55-52-49-46-43-40-21-18-15-12-9-6-3)69-63(66)57-54-51-48-45-42-39-37-34-27-25-23-20-17-14-11-8-5-2/h28-29,60H,4-27,30-59H2,1-3H3/b29-28-. The molecule has 0 aromatic carbocycles. The van der Waals surface area contributed by atoms with Gasteiger partial charge in [0.05, 0.1) is 0 Å². The maximum Gasteiger partial charge on any atom is 0.306 e. The van der Waals surface area contributed by atoms with E-state index >= 15 is 0 Å². The van der Waals surface area contributed by atoms with E-state index in [1.165, 1.54) is 257 Å². The lowest BCUT2D eigenvalue weighted by molar-refractivity contribution is -0.167. The van der Waals surface area contributed by atoms with Gasteiger partial charge in [0.25, 0.3) is 0 Å². The molecule has 0 bridgehead atoms. The van der Waals surface area contributed by atoms with Crippen LogP contribution in [0.5, 0.6) is 0 Å². The van der Waals surface area contributed by atoms with Crippen LogP contribution < -0.4 is 0 Å². The molecule has 0 aliphatic heterocycles. The molecule has 0 fully saturated rings. The topological polar surface area (TPSA) is 78.9 Å². The van der Waals surface area contributed by atoms with Crippen LogP contribution in [0.1, 0.15) is 355 Å². The molecule has 0 N–H and O–H groups in total. The predicted molar refractivity (Wildman–Crippen MR) is 298 cm³/mol. The van der Waals surface area contributed by atoms with Crippen molar-refractivity contribution in [3.63, 3.8) is 0 Å². The molecule has 0 heterocycles. The van der Waals surface area contributed by atoms with Crippen LogP contribution in [-0.2, 0) is 28.6 Å². The summed E-state index contributed by atoms with van der Waals surface area (Å²) >= 11 is 0. The van der Waals surface area contributed by atoms with Crippen LogP contribution in [0, 0.1) is 0 Å². The summed E-state index contributed by atoms with van der Waals surface area (Å²) < 4.78 is 16.9. The normalized spacial score (nSPS) is 12.0. The Morgan fingerprint density at radius 3 is 0.725 bits per heavy atom. The van der Waals surface area contributed by atoms with Gasteiger partial charge in [0.15, 0.2) is 6.10 Å². The smallest absolute Gasteiger partial charge is 0.306 e. The van der Waals surface area contributed by atoms with Crippen LogP contribution in [-0.4, -0.2) is 37.2 Å². The van der Waals surface area contributed by atoms with E-state index in [-0.39, 0.29) is 31.1 Å². The van der Waals surface area contributed by atoms with Gasteiger partial charge in [-0.15, -0.1) is 0 Å². The van der Waals surface area contributed by atoms with E-state index in [0.717, 1.165) is 57.8 Å². The molecule has 0 aliphatic carbocycles. The monoisotopic (exact) mass is 973 g/mol. The minimum Gasteiger partial charge on any atom is -0.462 e. The fourth-order valence-electron chi connectivity index (χ4n) is 9.56. The van der Waals surface area contributed by atoms with Gasteiger partial charge < -0.3 is 14.2 Å². The van der Waals surface area contributed by atoms with Gasteiger partial charge in [0, 0.05) is 19.3 Å². The molecule has 6 heteroatoms. The first-order valence-electron chi connectivity index (χ1n) is 31.2. The van der Waals surface area contributed by atoms with E-state index in [2.05, 4.69) is 32.9 Å². The zero-order chi connectivity index (χ0) is 50.0. The highest BCUT2D eigenvalue weighted by atomic mass is 16.6. The van der Waals surface area contributed by atoms with E-state index < -0.39 is 6.10 Å². The second-order valence-electron chi connectivity index (χ2n) is 21.3. The summed E-state index contributed by atoms with van der Waals surface area (Å²) in [6.07, 6.45) is 67.9. The van der Waals surface area contributed by atoms with Gasteiger partial charge in [-0.3, -0.25) is 14.4 Å². The molecular formula is C63H120O6. The van der Waals surface area contributed by atoms with Gasteiger partial charge in [-0.05, 0) is 44.9 Å². The Hall–Kier alpha value is -1.85. The maximum atomic E-state index is 12.9. The van der Waals surface area contributed by atoms with Gasteiger partial charge in [-0.25, -0.2) is 0 Å². The van der Waals surface area contributed by atoms with Gasteiger partial charge in [-0.2, -0.15) is 0 Å². The second kappa shape index (κ2) is 58.7. The Morgan fingerprint density at radius 2 is 0.478 bits per heavy atom. The molecule has 0 amide bonds. The molecule has 1 atom stereocenters. The Morgan fingerprint density at radius 1 is 0.275 bits per heavy atom. The van der Waals surface area contributed by atoms with Gasteiger partial charge >= 0.3 is 17.9 Å². The van der Waals surface area contributed by atoms with Crippen molar-refractivity contribution in [3.8, 4) is 0 Å². The highest BCUT2D eigenvalue weighted by molar-refractivity contribution is 5.71. The highest BCUT2D eigenvalue weighted by Crippen LogP contribution is 2.18. The lowest BCUT2D eigenvalue weighted by Crippen LogP contribution is -2.30. The number of hydrogen-bond acceptors (Lipinski definition) is 6. The molecule has 0 saturated carbocycles. The summed E-state index contributed by atoms with van der Waals surface area (Å²) in [4.78, 5) is 38.2. The number of hydrogen-bond donors (Lipinski definition) is 0. The number of rotatable bonds is 58. The summed E-state index contributed by atoms with van der Waals surface area (Å²) in [7, 11) is 0. The van der Waals surface area contributed by atoms with E-state index in [9.17, 15) is 14.4 Å². The molecule has 0 radical (unpaired) electrons. The predicted octanol–water partition coefficient (Wildman–Crippen LogP) is 20.9. The molecule has 0 spiro atoms. The SMILES string of the molecule is CCCCCCCCCC/C=C\CCCCCCCCCCCCCC(=O)OCC(COC(=O)CCCCCCCCCCCCC)OC(=O)CCCCCCCCCCCCCCCCCCC. The second-order valence-corrected chi connectivity index (χ2v) is 21.3. The van der Waals surface area contributed by atoms with Gasteiger partial charge in [0.2, 0.25) is 0 Å². The number of carbonyl (C=O) groups is 3. The first-order chi connectivity index (χ1) is 34.0. The third-order valence-electron chi connectivity index (χ3n) is 14.3. The summed E-state index contributed by atoms with van der Waals surface area (Å²) in [5.74, 6) is -0.838. The minimum absolute atomic E-state index is 0.0638. The van der Waals surface area contributed by atoms with Crippen molar-refractivity contribution < 1.29 is 28.6 Å². The molecule has 1 unspecified atom stereocenters. The average molecular weight is 974 g/mol. The Bertz CT molecular complexity index is 1070. The average Bonchev–Trinajstić information content (AvgIpc) is 3.35. The largest absolute Gasteiger partial charge is 0.462 e. The molecule has 0 aromatic heterocycles. The highest BCUT2D eigenvalue weighted by Gasteiger charge is 2.19. The van der Waals surface area contributed by atoms with E-state index in [4.69, 9.17) is 14.2 Å². The third-order valence-corrected chi connectivity index (χ3v) is 14.3. The van der Waals surface area contributed by atoms with Crippen LogP contribution in [0.3, 0.4) is 0 Å². The van der Waals surface area contributed by atoms with Crippen molar-refractivity contribution in [1.29, 1.82) is 0 Å². The molecule has 69 heavy (non-hydrogen) atoms. The van der Waals surface area contributed by atoms with Crippen molar-refractivity contribution in [1.82, 2.24) is 0 Å². The third kappa shape index (κ3) is 56.9. The van der Waals surface area contributed by atoms with Gasteiger partial charge in [-0.1, -0.05) is 303 Å². The van der Waals surface area contributed by atoms with Gasteiger partial charge in [0.1, 0.15) is 13.2 Å². The van der Waals surface area contributed by atoms with E-state index in [0.29, 0.717) is 19.3 Å². The number of ether oxygens (including phenoxy) is 3. The Balaban J connectivity index is 4.21. The fourth-order valence-corrected chi connectivity index (χ4v) is 9.56. The van der Waals surface area contributed by atoms with Crippen molar-refractivity contribution in [2.45, 2.75) is 361 Å².